The van der Waals surface area contributed by atoms with Crippen molar-refractivity contribution in [2.24, 2.45) is 7.05 Å². The van der Waals surface area contributed by atoms with Crippen molar-refractivity contribution in [2.75, 3.05) is 13.2 Å². The number of hydrogen-bond donors (Lipinski definition) is 0. The van der Waals surface area contributed by atoms with Crippen LogP contribution in [0.2, 0.25) is 0 Å². The summed E-state index contributed by atoms with van der Waals surface area (Å²) in [5.74, 6) is 0.137. The Hall–Kier alpha value is -1.29. The number of amides is 1. The number of ether oxygens (including phenoxy) is 1. The number of carbonyl (C=O) groups excluding carboxylic acids is 1. The third-order valence-corrected chi connectivity index (χ3v) is 3.32. The van der Waals surface area contributed by atoms with E-state index in [1.54, 1.807) is 0 Å². The van der Waals surface area contributed by atoms with Crippen LogP contribution in [0.1, 0.15) is 16.9 Å². The number of carbonyl (C=O) groups is 1. The van der Waals surface area contributed by atoms with E-state index >= 15 is 0 Å². The van der Waals surface area contributed by atoms with Gasteiger partial charge in [-0.2, -0.15) is 0 Å². The van der Waals surface area contributed by atoms with Gasteiger partial charge in [-0.15, -0.1) is 0 Å². The van der Waals surface area contributed by atoms with Crippen molar-refractivity contribution in [1.29, 1.82) is 0 Å². The van der Waals surface area contributed by atoms with Gasteiger partial charge in [0, 0.05) is 19.8 Å². The topological polar surface area (TPSA) is 34.5 Å². The lowest BCUT2D eigenvalue weighted by Crippen LogP contribution is -2.42. The first kappa shape index (κ1) is 8.97. The summed E-state index contributed by atoms with van der Waals surface area (Å²) in [5, 5.41) is 0. The van der Waals surface area contributed by atoms with Gasteiger partial charge in [0.1, 0.15) is 5.69 Å². The van der Waals surface area contributed by atoms with Gasteiger partial charge in [0.05, 0.1) is 18.8 Å². The first-order valence-electron chi connectivity index (χ1n) is 5.29. The van der Waals surface area contributed by atoms with Crippen LogP contribution in [0.3, 0.4) is 0 Å². The summed E-state index contributed by atoms with van der Waals surface area (Å²) < 4.78 is 7.35. The molecule has 0 spiro atoms. The van der Waals surface area contributed by atoms with E-state index in [0.717, 1.165) is 18.7 Å². The summed E-state index contributed by atoms with van der Waals surface area (Å²) in [6, 6.07) is 4.07. The van der Waals surface area contributed by atoms with Crippen LogP contribution in [0.15, 0.2) is 18.3 Å². The van der Waals surface area contributed by atoms with Crippen molar-refractivity contribution in [3.8, 4) is 0 Å². The number of aryl methyl sites for hydroxylation is 1. The maximum absolute atomic E-state index is 12.2. The molecule has 2 unspecified atom stereocenters. The monoisotopic (exact) mass is 206 g/mol. The molecule has 0 aromatic carbocycles. The van der Waals surface area contributed by atoms with Crippen molar-refractivity contribution < 1.29 is 9.53 Å². The van der Waals surface area contributed by atoms with Gasteiger partial charge in [-0.05, 0) is 18.6 Å². The number of morpholine rings is 1. The van der Waals surface area contributed by atoms with Crippen molar-refractivity contribution in [2.45, 2.75) is 18.6 Å². The predicted octanol–water partition coefficient (Wildman–Crippen LogP) is 0.638. The Labute approximate surface area is 88.4 Å². The number of nitrogens with zero attached hydrogens (tertiary/aromatic N) is 2. The molecule has 2 bridgehead atoms. The van der Waals surface area contributed by atoms with E-state index in [1.165, 1.54) is 0 Å². The molecule has 0 radical (unpaired) electrons. The van der Waals surface area contributed by atoms with Gasteiger partial charge in [-0.1, -0.05) is 0 Å². The Balaban J connectivity index is 1.84. The number of fused-ring (bicyclic) bond motifs is 2. The molecule has 80 valence electrons. The molecule has 0 N–H and O–H groups in total. The van der Waals surface area contributed by atoms with Crippen LogP contribution >= 0.6 is 0 Å². The van der Waals surface area contributed by atoms with Crippen molar-refractivity contribution >= 4 is 5.91 Å². The summed E-state index contributed by atoms with van der Waals surface area (Å²) in [4.78, 5) is 14.1. The van der Waals surface area contributed by atoms with Gasteiger partial charge in [0.15, 0.2) is 0 Å². The molecule has 2 aliphatic heterocycles. The zero-order valence-electron chi connectivity index (χ0n) is 8.72. The zero-order valence-corrected chi connectivity index (χ0v) is 8.72. The highest BCUT2D eigenvalue weighted by Gasteiger charge is 2.41. The molecule has 2 aliphatic rings. The van der Waals surface area contributed by atoms with Crippen molar-refractivity contribution in [1.82, 2.24) is 9.47 Å². The first-order valence-corrected chi connectivity index (χ1v) is 5.29. The second-order valence-corrected chi connectivity index (χ2v) is 4.31. The summed E-state index contributed by atoms with van der Waals surface area (Å²) in [5.41, 5.74) is 0.766. The SMILES string of the molecule is Cn1cccc1C(=O)N1CC2CC1CO2. The fourth-order valence-corrected chi connectivity index (χ4v) is 2.48. The maximum atomic E-state index is 12.2. The Morgan fingerprint density at radius 2 is 2.47 bits per heavy atom. The third kappa shape index (κ3) is 1.28. The predicted molar refractivity (Wildman–Crippen MR) is 54.6 cm³/mol. The van der Waals surface area contributed by atoms with Crippen LogP contribution < -0.4 is 0 Å². The molecular weight excluding hydrogens is 192 g/mol. The molecule has 1 aromatic heterocycles. The lowest BCUT2D eigenvalue weighted by molar-refractivity contribution is 0.0253. The maximum Gasteiger partial charge on any atom is 0.270 e. The van der Waals surface area contributed by atoms with E-state index in [0.29, 0.717) is 12.6 Å². The van der Waals surface area contributed by atoms with Gasteiger partial charge in [-0.3, -0.25) is 4.79 Å². The molecule has 2 fully saturated rings. The third-order valence-electron chi connectivity index (χ3n) is 3.32. The molecule has 4 nitrogen and oxygen atoms in total. The smallest absolute Gasteiger partial charge is 0.270 e. The minimum atomic E-state index is 0.137. The lowest BCUT2D eigenvalue weighted by atomic mass is 10.2. The van der Waals surface area contributed by atoms with Crippen LogP contribution in [0.4, 0.5) is 0 Å². The van der Waals surface area contributed by atoms with Crippen LogP contribution in [-0.4, -0.2) is 40.7 Å². The van der Waals surface area contributed by atoms with Crippen LogP contribution in [0, 0.1) is 0 Å². The van der Waals surface area contributed by atoms with Gasteiger partial charge in [0.25, 0.3) is 5.91 Å². The van der Waals surface area contributed by atoms with E-state index in [4.69, 9.17) is 4.74 Å². The lowest BCUT2D eigenvalue weighted by Gasteiger charge is -2.26. The Morgan fingerprint density at radius 1 is 1.60 bits per heavy atom. The van der Waals surface area contributed by atoms with Crippen LogP contribution in [0.5, 0.6) is 0 Å². The standard InChI is InChI=1S/C11H14N2O2/c1-12-4-2-3-10(12)11(14)13-6-9-5-8(13)7-15-9/h2-4,8-9H,5-7H2,1H3. The van der Waals surface area contributed by atoms with E-state index in [-0.39, 0.29) is 12.0 Å². The molecule has 15 heavy (non-hydrogen) atoms. The minimum absolute atomic E-state index is 0.137. The Morgan fingerprint density at radius 3 is 3.00 bits per heavy atom. The Kier molecular flexibility index (Phi) is 1.85. The second-order valence-electron chi connectivity index (χ2n) is 4.31. The molecule has 0 aliphatic carbocycles. The molecule has 2 atom stereocenters. The molecule has 1 amide bonds. The molecule has 3 rings (SSSR count). The summed E-state index contributed by atoms with van der Waals surface area (Å²) >= 11 is 0. The molecular formula is C11H14N2O2. The molecule has 0 saturated carbocycles. The van der Waals surface area contributed by atoms with Gasteiger partial charge in [0.2, 0.25) is 0 Å². The average Bonchev–Trinajstić information content (AvgIpc) is 2.91. The van der Waals surface area contributed by atoms with Crippen LogP contribution in [0.25, 0.3) is 0 Å². The molecule has 2 saturated heterocycles. The van der Waals surface area contributed by atoms with Gasteiger partial charge < -0.3 is 14.2 Å². The highest BCUT2D eigenvalue weighted by Crippen LogP contribution is 2.28. The quantitative estimate of drug-likeness (QED) is 0.675. The number of aromatic nitrogens is 1. The summed E-state index contributed by atoms with van der Waals surface area (Å²) in [7, 11) is 1.90. The fourth-order valence-electron chi connectivity index (χ4n) is 2.48. The van der Waals surface area contributed by atoms with Crippen LogP contribution in [-0.2, 0) is 11.8 Å². The second kappa shape index (κ2) is 3.10. The Bertz CT molecular complexity index is 399. The minimum Gasteiger partial charge on any atom is -0.374 e. The highest BCUT2D eigenvalue weighted by atomic mass is 16.5. The summed E-state index contributed by atoms with van der Waals surface area (Å²) in [6.07, 6.45) is 3.19. The van der Waals surface area contributed by atoms with E-state index in [9.17, 15) is 4.79 Å². The molecule has 1 aromatic rings. The van der Waals surface area contributed by atoms with Gasteiger partial charge in [-0.25, -0.2) is 0 Å². The normalized spacial score (nSPS) is 28.7. The average molecular weight is 206 g/mol. The van der Waals surface area contributed by atoms with E-state index in [2.05, 4.69) is 0 Å². The van der Waals surface area contributed by atoms with Crippen molar-refractivity contribution in [3.63, 3.8) is 0 Å². The number of rotatable bonds is 1. The number of hydrogen-bond acceptors (Lipinski definition) is 2. The van der Waals surface area contributed by atoms with Crippen molar-refractivity contribution in [3.05, 3.63) is 24.0 Å². The van der Waals surface area contributed by atoms with E-state index in [1.807, 2.05) is 34.8 Å². The molecule has 3 heterocycles. The molecule has 4 heteroatoms. The largest absolute Gasteiger partial charge is 0.374 e. The summed E-state index contributed by atoms with van der Waals surface area (Å²) in [6.45, 7) is 1.47. The highest BCUT2D eigenvalue weighted by molar-refractivity contribution is 5.93. The zero-order chi connectivity index (χ0) is 10.4. The number of likely N-dealkylation sites (tertiary alicyclic amines) is 1. The fraction of sp³-hybridized carbons (Fsp3) is 0.545. The first-order chi connectivity index (χ1) is 7.25. The van der Waals surface area contributed by atoms with E-state index < -0.39 is 0 Å². The van der Waals surface area contributed by atoms with Gasteiger partial charge >= 0.3 is 0 Å².